The number of carboxylic acids is 1. The summed E-state index contributed by atoms with van der Waals surface area (Å²) in [5.41, 5.74) is 0.379. The molecule has 0 aromatic heterocycles. The largest absolute Gasteiger partial charge is 0.507 e. The Labute approximate surface area is 97.0 Å². The third-order valence-corrected chi connectivity index (χ3v) is 1.92. The summed E-state index contributed by atoms with van der Waals surface area (Å²) in [5, 5.41) is 17.8. The first-order valence-corrected chi connectivity index (χ1v) is 4.75. The van der Waals surface area contributed by atoms with Crippen LogP contribution in [0.3, 0.4) is 0 Å². The van der Waals surface area contributed by atoms with Crippen molar-refractivity contribution in [2.75, 3.05) is 0 Å². The van der Waals surface area contributed by atoms with Gasteiger partial charge in [-0.1, -0.05) is 30.3 Å². The minimum atomic E-state index is -1.38. The Morgan fingerprint density at radius 3 is 2.18 bits per heavy atom. The molecule has 0 bridgehead atoms. The minimum absolute atomic E-state index is 0.366. The second-order valence-corrected chi connectivity index (χ2v) is 3.25. The van der Waals surface area contributed by atoms with Gasteiger partial charge in [-0.3, -0.25) is 14.4 Å². The fourth-order valence-electron chi connectivity index (χ4n) is 1.12. The summed E-state index contributed by atoms with van der Waals surface area (Å²) in [5.74, 6) is -3.85. The van der Waals surface area contributed by atoms with Crippen LogP contribution < -0.4 is 0 Å². The molecule has 0 fully saturated rings. The zero-order valence-electron chi connectivity index (χ0n) is 8.79. The molecule has 0 aliphatic heterocycles. The summed E-state index contributed by atoms with van der Waals surface area (Å²) in [6.45, 7) is 0. The SMILES string of the molecule is O=C(O)CC(=O)C(=O)/C=C(\O)c1ccccc1. The number of Topliss-reactive ketones (excluding diaryl/α,β-unsaturated/α-hetero) is 1. The minimum Gasteiger partial charge on any atom is -0.507 e. The van der Waals surface area contributed by atoms with E-state index in [1.54, 1.807) is 30.3 Å². The summed E-state index contributed by atoms with van der Waals surface area (Å²) in [6, 6.07) is 8.15. The number of carbonyl (C=O) groups excluding carboxylic acids is 2. The molecule has 0 spiro atoms. The van der Waals surface area contributed by atoms with Crippen LogP contribution in [-0.2, 0) is 14.4 Å². The molecular formula is C12H10O5. The fourth-order valence-corrected chi connectivity index (χ4v) is 1.12. The first-order chi connectivity index (χ1) is 8.00. The van der Waals surface area contributed by atoms with Gasteiger partial charge in [0.05, 0.1) is 0 Å². The van der Waals surface area contributed by atoms with Crippen molar-refractivity contribution in [2.24, 2.45) is 0 Å². The average molecular weight is 234 g/mol. The summed E-state index contributed by atoms with van der Waals surface area (Å²) in [7, 11) is 0. The lowest BCUT2D eigenvalue weighted by Crippen LogP contribution is -2.15. The van der Waals surface area contributed by atoms with Gasteiger partial charge in [-0.05, 0) is 0 Å². The van der Waals surface area contributed by atoms with E-state index < -0.39 is 24.0 Å². The van der Waals surface area contributed by atoms with Gasteiger partial charge in [0.25, 0.3) is 0 Å². The highest BCUT2D eigenvalue weighted by Crippen LogP contribution is 2.10. The monoisotopic (exact) mass is 234 g/mol. The maximum absolute atomic E-state index is 11.2. The average Bonchev–Trinajstić information content (AvgIpc) is 2.29. The predicted molar refractivity (Wildman–Crippen MR) is 59.3 cm³/mol. The van der Waals surface area contributed by atoms with Crippen LogP contribution in [0, 0.1) is 0 Å². The normalized spacial score (nSPS) is 10.9. The molecule has 0 saturated heterocycles. The van der Waals surface area contributed by atoms with Gasteiger partial charge in [-0.25, -0.2) is 0 Å². The summed E-state index contributed by atoms with van der Waals surface area (Å²) in [6.07, 6.45) is -0.155. The van der Waals surface area contributed by atoms with E-state index in [0.717, 1.165) is 6.08 Å². The van der Waals surface area contributed by atoms with Crippen LogP contribution in [0.2, 0.25) is 0 Å². The number of hydrogen-bond donors (Lipinski definition) is 2. The van der Waals surface area contributed by atoms with E-state index in [2.05, 4.69) is 0 Å². The Morgan fingerprint density at radius 2 is 1.65 bits per heavy atom. The van der Waals surface area contributed by atoms with Crippen LogP contribution in [0.5, 0.6) is 0 Å². The quantitative estimate of drug-likeness (QED) is 0.345. The third kappa shape index (κ3) is 3.90. The standard InChI is InChI=1S/C12H10O5/c13-9(8-4-2-1-3-5-8)6-10(14)11(15)7-12(16)17/h1-6,13H,7H2,(H,16,17)/b9-6-. The van der Waals surface area contributed by atoms with E-state index in [1.807, 2.05) is 0 Å². The lowest BCUT2D eigenvalue weighted by molar-refractivity contribution is -0.143. The zero-order valence-corrected chi connectivity index (χ0v) is 8.79. The Hall–Kier alpha value is -2.43. The second kappa shape index (κ2) is 5.60. The third-order valence-electron chi connectivity index (χ3n) is 1.92. The van der Waals surface area contributed by atoms with E-state index in [0.29, 0.717) is 5.56 Å². The maximum atomic E-state index is 11.2. The van der Waals surface area contributed by atoms with Gasteiger partial charge < -0.3 is 10.2 Å². The lowest BCUT2D eigenvalue weighted by atomic mass is 10.1. The van der Waals surface area contributed by atoms with Crippen LogP contribution in [0.4, 0.5) is 0 Å². The molecule has 0 radical (unpaired) electrons. The summed E-state index contributed by atoms with van der Waals surface area (Å²) < 4.78 is 0. The van der Waals surface area contributed by atoms with Crippen molar-refractivity contribution >= 4 is 23.3 Å². The molecule has 0 heterocycles. The van der Waals surface area contributed by atoms with Gasteiger partial charge in [0.15, 0.2) is 0 Å². The second-order valence-electron chi connectivity index (χ2n) is 3.25. The molecule has 5 nitrogen and oxygen atoms in total. The van der Waals surface area contributed by atoms with E-state index in [1.165, 1.54) is 0 Å². The highest BCUT2D eigenvalue weighted by molar-refractivity contribution is 6.44. The molecule has 0 aliphatic carbocycles. The van der Waals surface area contributed by atoms with E-state index >= 15 is 0 Å². The van der Waals surface area contributed by atoms with Crippen molar-refractivity contribution in [1.82, 2.24) is 0 Å². The lowest BCUT2D eigenvalue weighted by Gasteiger charge is -1.98. The van der Waals surface area contributed by atoms with Gasteiger partial charge in [-0.2, -0.15) is 0 Å². The molecule has 0 unspecified atom stereocenters. The van der Waals surface area contributed by atoms with Gasteiger partial charge in [0, 0.05) is 11.6 Å². The number of benzene rings is 1. The van der Waals surface area contributed by atoms with Gasteiger partial charge in [0.2, 0.25) is 11.6 Å². The van der Waals surface area contributed by atoms with Crippen LogP contribution in [-0.4, -0.2) is 27.7 Å². The van der Waals surface area contributed by atoms with E-state index in [4.69, 9.17) is 5.11 Å². The maximum Gasteiger partial charge on any atom is 0.311 e. The highest BCUT2D eigenvalue weighted by Gasteiger charge is 2.16. The van der Waals surface area contributed by atoms with Gasteiger partial charge in [-0.15, -0.1) is 0 Å². The highest BCUT2D eigenvalue weighted by atomic mass is 16.4. The Bertz CT molecular complexity index is 473. The molecule has 0 atom stereocenters. The molecule has 0 amide bonds. The van der Waals surface area contributed by atoms with Crippen molar-refractivity contribution < 1.29 is 24.6 Å². The molecule has 0 saturated carbocycles. The van der Waals surface area contributed by atoms with Crippen molar-refractivity contribution in [2.45, 2.75) is 6.42 Å². The predicted octanol–water partition coefficient (Wildman–Crippen LogP) is 1.20. The summed E-state index contributed by atoms with van der Waals surface area (Å²) in [4.78, 5) is 32.5. The van der Waals surface area contributed by atoms with Gasteiger partial charge in [0.1, 0.15) is 12.2 Å². The van der Waals surface area contributed by atoms with Crippen LogP contribution >= 0.6 is 0 Å². The zero-order chi connectivity index (χ0) is 12.8. The van der Waals surface area contributed by atoms with E-state index in [9.17, 15) is 19.5 Å². The van der Waals surface area contributed by atoms with Crippen LogP contribution in [0.25, 0.3) is 5.76 Å². The number of aliphatic hydroxyl groups excluding tert-OH is 1. The number of hydrogen-bond acceptors (Lipinski definition) is 4. The number of carbonyl (C=O) groups is 3. The molecular weight excluding hydrogens is 224 g/mol. The molecule has 1 rings (SSSR count). The molecule has 88 valence electrons. The van der Waals surface area contributed by atoms with Crippen LogP contribution in [0.1, 0.15) is 12.0 Å². The number of ketones is 2. The first kappa shape index (κ1) is 12.6. The Kier molecular flexibility index (Phi) is 4.16. The first-order valence-electron chi connectivity index (χ1n) is 4.75. The van der Waals surface area contributed by atoms with Gasteiger partial charge >= 0.3 is 5.97 Å². The molecule has 0 aliphatic rings. The molecule has 2 N–H and O–H groups in total. The smallest absolute Gasteiger partial charge is 0.311 e. The Balaban J connectivity index is 2.79. The van der Waals surface area contributed by atoms with Crippen molar-refractivity contribution in [3.8, 4) is 0 Å². The summed E-state index contributed by atoms with van der Waals surface area (Å²) >= 11 is 0. The number of carboxylic acid groups (broad SMARTS) is 1. The van der Waals surface area contributed by atoms with Crippen molar-refractivity contribution in [3.05, 3.63) is 42.0 Å². The fraction of sp³-hybridized carbons (Fsp3) is 0.0833. The van der Waals surface area contributed by atoms with Crippen molar-refractivity contribution in [3.63, 3.8) is 0 Å². The molecule has 17 heavy (non-hydrogen) atoms. The van der Waals surface area contributed by atoms with Crippen molar-refractivity contribution in [1.29, 1.82) is 0 Å². The number of aliphatic hydroxyl groups is 1. The number of allylic oxidation sites excluding steroid dienone is 1. The number of aliphatic carboxylic acids is 1. The Morgan fingerprint density at radius 1 is 1.06 bits per heavy atom. The molecule has 1 aromatic rings. The molecule has 1 aromatic carbocycles. The van der Waals surface area contributed by atoms with E-state index in [-0.39, 0.29) is 5.76 Å². The number of rotatable bonds is 5. The molecule has 5 heteroatoms. The topological polar surface area (TPSA) is 91.7 Å². The van der Waals surface area contributed by atoms with Crippen LogP contribution in [0.15, 0.2) is 36.4 Å².